The van der Waals surface area contributed by atoms with Crippen molar-refractivity contribution in [3.63, 3.8) is 0 Å². The largest absolute Gasteiger partial charge is 0.416 e. The van der Waals surface area contributed by atoms with Crippen LogP contribution in [0.15, 0.2) is 78.9 Å². The van der Waals surface area contributed by atoms with Crippen LogP contribution in [0.5, 0.6) is 0 Å². The Labute approximate surface area is 261 Å². The summed E-state index contributed by atoms with van der Waals surface area (Å²) in [5, 5.41) is 16.8. The fourth-order valence-corrected chi connectivity index (χ4v) is 5.43. The van der Waals surface area contributed by atoms with Gasteiger partial charge in [0.2, 0.25) is 0 Å². The van der Waals surface area contributed by atoms with Crippen molar-refractivity contribution in [1.29, 1.82) is 5.26 Å². The molecule has 5 rings (SSSR count). The first kappa shape index (κ1) is 31.9. The lowest BCUT2D eigenvalue weighted by atomic mass is 9.80. The fourth-order valence-electron chi connectivity index (χ4n) is 5.43. The van der Waals surface area contributed by atoms with E-state index in [9.17, 15) is 37.2 Å². The zero-order valence-electron chi connectivity index (χ0n) is 24.9. The van der Waals surface area contributed by atoms with E-state index in [1.54, 1.807) is 37.3 Å². The van der Waals surface area contributed by atoms with Crippen LogP contribution in [0.25, 0.3) is 5.69 Å². The van der Waals surface area contributed by atoms with Gasteiger partial charge < -0.3 is 10.2 Å². The van der Waals surface area contributed by atoms with Crippen molar-refractivity contribution in [1.82, 2.24) is 20.0 Å². The second-order valence-electron chi connectivity index (χ2n) is 10.7. The van der Waals surface area contributed by atoms with E-state index in [-0.39, 0.29) is 29.2 Å². The molecule has 2 heterocycles. The zero-order chi connectivity index (χ0) is 33.3. The van der Waals surface area contributed by atoms with E-state index in [1.165, 1.54) is 46.7 Å². The van der Waals surface area contributed by atoms with Crippen LogP contribution in [-0.2, 0) is 11.0 Å². The second-order valence-corrected chi connectivity index (χ2v) is 10.7. The number of amides is 3. The summed E-state index contributed by atoms with van der Waals surface area (Å²) in [6.45, 7) is 3.27. The molecular weight excluding hydrogens is 604 g/mol. The van der Waals surface area contributed by atoms with Crippen molar-refractivity contribution in [2.45, 2.75) is 38.0 Å². The molecule has 1 aromatic heterocycles. The minimum Gasteiger partial charge on any atom is -0.339 e. The average molecular weight is 633 g/mol. The van der Waals surface area contributed by atoms with E-state index in [4.69, 9.17) is 0 Å². The predicted molar refractivity (Wildman–Crippen MR) is 160 cm³/mol. The van der Waals surface area contributed by atoms with Gasteiger partial charge in [-0.3, -0.25) is 19.3 Å². The van der Waals surface area contributed by atoms with E-state index in [0.717, 1.165) is 24.3 Å². The third kappa shape index (κ3) is 5.81. The average Bonchev–Trinajstić information content (AvgIpc) is 3.44. The first-order valence-electron chi connectivity index (χ1n) is 14.3. The van der Waals surface area contributed by atoms with E-state index >= 15 is 0 Å². The molecule has 13 heteroatoms. The normalized spacial score (nSPS) is 16.7. The highest BCUT2D eigenvalue weighted by atomic mass is 19.4. The van der Waals surface area contributed by atoms with Gasteiger partial charge in [-0.2, -0.15) is 23.5 Å². The van der Waals surface area contributed by atoms with E-state index < -0.39 is 53.3 Å². The third-order valence-electron chi connectivity index (χ3n) is 7.90. The highest BCUT2D eigenvalue weighted by Crippen LogP contribution is 2.44. The zero-order valence-corrected chi connectivity index (χ0v) is 24.9. The van der Waals surface area contributed by atoms with Crippen LogP contribution >= 0.6 is 0 Å². The van der Waals surface area contributed by atoms with Gasteiger partial charge in [-0.05, 0) is 61.9 Å². The standard InChI is InChI=1S/C33H28F4N6O3/c1-4-42-30-26(28(31(45)41(3)19(2)18-38)40-43(30)24-11-6-5-7-12-24)25(20-13-15-23(34)16-14-20)27(32(42)46)39-29(44)21-9-8-10-22(17-21)33(35,36)37/h5-17,19,25,27H,4H2,1-3H3,(H,39,44)/t19?,25-,27-/m0/s1. The molecule has 4 aromatic rings. The third-order valence-corrected chi connectivity index (χ3v) is 7.90. The van der Waals surface area contributed by atoms with Gasteiger partial charge in [0.1, 0.15) is 23.7 Å². The van der Waals surface area contributed by atoms with Crippen molar-refractivity contribution in [3.8, 4) is 11.8 Å². The van der Waals surface area contributed by atoms with Crippen molar-refractivity contribution in [2.75, 3.05) is 18.5 Å². The minimum atomic E-state index is -4.71. The second kappa shape index (κ2) is 12.5. The molecule has 3 atom stereocenters. The van der Waals surface area contributed by atoms with Crippen LogP contribution < -0.4 is 10.2 Å². The lowest BCUT2D eigenvalue weighted by molar-refractivity contribution is -0.137. The molecule has 3 aromatic carbocycles. The van der Waals surface area contributed by atoms with Crippen molar-refractivity contribution in [3.05, 3.63) is 113 Å². The number of hydrogen-bond donors (Lipinski definition) is 1. The molecule has 1 N–H and O–H groups in total. The molecule has 0 bridgehead atoms. The number of alkyl halides is 3. The number of nitriles is 1. The highest BCUT2D eigenvalue weighted by Gasteiger charge is 2.47. The Bertz CT molecular complexity index is 1830. The monoisotopic (exact) mass is 632 g/mol. The van der Waals surface area contributed by atoms with Crippen LogP contribution in [0.4, 0.5) is 23.4 Å². The molecule has 0 spiro atoms. The Hall–Kier alpha value is -5.51. The number of benzene rings is 3. The number of anilines is 1. The number of carbonyl (C=O) groups is 3. The molecule has 0 fully saturated rings. The lowest BCUT2D eigenvalue weighted by Crippen LogP contribution is -2.55. The first-order chi connectivity index (χ1) is 21.9. The smallest absolute Gasteiger partial charge is 0.339 e. The highest BCUT2D eigenvalue weighted by molar-refractivity contribution is 6.07. The van der Waals surface area contributed by atoms with E-state index in [0.29, 0.717) is 17.3 Å². The lowest BCUT2D eigenvalue weighted by Gasteiger charge is -2.38. The summed E-state index contributed by atoms with van der Waals surface area (Å²) in [7, 11) is 1.43. The van der Waals surface area contributed by atoms with Gasteiger partial charge in [-0.25, -0.2) is 9.07 Å². The number of halogens is 4. The van der Waals surface area contributed by atoms with Gasteiger partial charge in [0.25, 0.3) is 17.7 Å². The number of rotatable bonds is 7. The number of carbonyl (C=O) groups excluding carboxylic acids is 3. The molecule has 9 nitrogen and oxygen atoms in total. The molecule has 0 radical (unpaired) electrons. The van der Waals surface area contributed by atoms with Crippen molar-refractivity contribution >= 4 is 23.5 Å². The summed E-state index contributed by atoms with van der Waals surface area (Å²) >= 11 is 0. The Morgan fingerprint density at radius 1 is 1.07 bits per heavy atom. The summed E-state index contributed by atoms with van der Waals surface area (Å²) in [6, 6.07) is 17.3. The quantitative estimate of drug-likeness (QED) is 0.278. The minimum absolute atomic E-state index is 0.0640. The van der Waals surface area contributed by atoms with Crippen molar-refractivity contribution < 1.29 is 31.9 Å². The Morgan fingerprint density at radius 3 is 2.35 bits per heavy atom. The number of nitrogens with one attached hydrogen (secondary N) is 1. The summed E-state index contributed by atoms with van der Waals surface area (Å²) < 4.78 is 55.9. The molecule has 0 aliphatic carbocycles. The van der Waals surface area contributed by atoms with Crippen LogP contribution in [0.3, 0.4) is 0 Å². The van der Waals surface area contributed by atoms with Crippen LogP contribution in [0.1, 0.15) is 57.3 Å². The molecule has 46 heavy (non-hydrogen) atoms. The number of fused-ring (bicyclic) bond motifs is 1. The van der Waals surface area contributed by atoms with Gasteiger partial charge in [0, 0.05) is 30.6 Å². The number of para-hydroxylation sites is 1. The van der Waals surface area contributed by atoms with E-state index in [1.807, 2.05) is 6.07 Å². The molecule has 0 saturated carbocycles. The van der Waals surface area contributed by atoms with Gasteiger partial charge in [-0.15, -0.1) is 0 Å². The molecule has 3 amide bonds. The first-order valence-corrected chi connectivity index (χ1v) is 14.3. The number of aromatic nitrogens is 2. The van der Waals surface area contributed by atoms with Gasteiger partial charge in [0.15, 0.2) is 5.69 Å². The summed E-state index contributed by atoms with van der Waals surface area (Å²) in [4.78, 5) is 44.3. The maximum absolute atomic E-state index is 14.3. The number of likely N-dealkylation sites (N-methyl/N-ethyl adjacent to an activating group) is 1. The van der Waals surface area contributed by atoms with Crippen LogP contribution in [0, 0.1) is 17.1 Å². The number of nitrogens with zero attached hydrogens (tertiary/aromatic N) is 5. The van der Waals surface area contributed by atoms with Gasteiger partial charge in [0.05, 0.1) is 17.3 Å². The molecule has 1 aliphatic rings. The molecule has 236 valence electrons. The van der Waals surface area contributed by atoms with Gasteiger partial charge >= 0.3 is 6.18 Å². The van der Waals surface area contributed by atoms with E-state index in [2.05, 4.69) is 10.4 Å². The maximum atomic E-state index is 14.3. The summed E-state index contributed by atoms with van der Waals surface area (Å²) in [6.07, 6.45) is -4.71. The molecule has 1 aliphatic heterocycles. The molecule has 0 saturated heterocycles. The predicted octanol–water partition coefficient (Wildman–Crippen LogP) is 5.31. The Balaban J connectivity index is 1.75. The summed E-state index contributed by atoms with van der Waals surface area (Å²) in [5.41, 5.74) is -0.457. The SMILES string of the molecule is CCN1C(=O)[C@@H](NC(=O)c2cccc(C(F)(F)F)c2)[C@@H](c2ccc(F)cc2)c2c(C(=O)N(C)C(C)C#N)nn(-c3ccccc3)c21. The number of hydrogen-bond acceptors (Lipinski definition) is 5. The molecular formula is C33H28F4N6O3. The molecule has 1 unspecified atom stereocenters. The Morgan fingerprint density at radius 2 is 1.74 bits per heavy atom. The Kier molecular flexibility index (Phi) is 8.65. The van der Waals surface area contributed by atoms with Gasteiger partial charge in [-0.1, -0.05) is 36.4 Å². The van der Waals surface area contributed by atoms with Crippen molar-refractivity contribution in [2.24, 2.45) is 0 Å². The fraction of sp³-hybridized carbons (Fsp3) is 0.242. The maximum Gasteiger partial charge on any atom is 0.416 e. The topological polar surface area (TPSA) is 111 Å². The van der Waals surface area contributed by atoms with Crippen LogP contribution in [0.2, 0.25) is 0 Å². The van der Waals surface area contributed by atoms with Crippen LogP contribution in [-0.4, -0.2) is 58.1 Å². The summed E-state index contributed by atoms with van der Waals surface area (Å²) in [5.74, 6) is -3.74.